The zero-order valence-electron chi connectivity index (χ0n) is 30.5. The van der Waals surface area contributed by atoms with Gasteiger partial charge in [0.25, 0.3) is 0 Å². The molecular weight excluding hydrogens is 707 g/mol. The van der Waals surface area contributed by atoms with Crippen LogP contribution in [0, 0.1) is 11.6 Å². The first-order valence-corrected chi connectivity index (χ1v) is 18.7. The standard InChI is InChI=1S/C51H32F2N4/c52-41-27-40(28-42(53)32-41)39-21-24-43(51-55-49(35-17-9-3-10-18-35)54-50(56-51)36-19-11-4-12-20-36)48(31-39)57-46-25-22-37(33-13-5-1-6-14-33)29-44(46)45-30-38(23-26-47(45)57)34-15-7-2-8-16-34/h1-32H. The lowest BCUT2D eigenvalue weighted by Crippen LogP contribution is -2.04. The van der Waals surface area contributed by atoms with Gasteiger partial charge in [-0.1, -0.05) is 140 Å². The lowest BCUT2D eigenvalue weighted by atomic mass is 10.0. The van der Waals surface area contributed by atoms with Crippen LogP contribution in [0.15, 0.2) is 194 Å². The van der Waals surface area contributed by atoms with Gasteiger partial charge in [-0.25, -0.2) is 23.7 Å². The molecule has 10 aromatic rings. The fourth-order valence-electron chi connectivity index (χ4n) is 7.64. The van der Waals surface area contributed by atoms with Crippen molar-refractivity contribution in [2.45, 2.75) is 0 Å². The van der Waals surface area contributed by atoms with E-state index in [2.05, 4.69) is 65.2 Å². The number of fused-ring (bicyclic) bond motifs is 3. The summed E-state index contributed by atoms with van der Waals surface area (Å²) in [5, 5.41) is 2.12. The van der Waals surface area contributed by atoms with Gasteiger partial charge in [0.1, 0.15) is 11.6 Å². The molecule has 4 nitrogen and oxygen atoms in total. The van der Waals surface area contributed by atoms with Gasteiger partial charge >= 0.3 is 0 Å². The highest BCUT2D eigenvalue weighted by Gasteiger charge is 2.21. The van der Waals surface area contributed by atoms with Crippen LogP contribution in [0.5, 0.6) is 0 Å². The molecule has 0 aliphatic carbocycles. The minimum absolute atomic E-state index is 0.421. The molecule has 8 aromatic carbocycles. The van der Waals surface area contributed by atoms with Gasteiger partial charge in [-0.2, -0.15) is 0 Å². The second kappa shape index (κ2) is 14.3. The number of halogens is 2. The van der Waals surface area contributed by atoms with Gasteiger partial charge in [-0.3, -0.25) is 0 Å². The molecule has 0 saturated carbocycles. The van der Waals surface area contributed by atoms with Crippen LogP contribution >= 0.6 is 0 Å². The lowest BCUT2D eigenvalue weighted by molar-refractivity contribution is 0.584. The Kier molecular flexibility index (Phi) is 8.49. The zero-order valence-corrected chi connectivity index (χ0v) is 30.5. The van der Waals surface area contributed by atoms with Crippen LogP contribution in [0.1, 0.15) is 0 Å². The van der Waals surface area contributed by atoms with Crippen LogP contribution in [0.4, 0.5) is 8.78 Å². The average molecular weight is 739 g/mol. The SMILES string of the molecule is Fc1cc(F)cc(-c2ccc(-c3nc(-c4ccccc4)nc(-c4ccccc4)n3)c(-n3c4ccc(-c5ccccc5)cc4c4cc(-c5ccccc5)ccc43)c2)c1. The molecule has 0 atom stereocenters. The van der Waals surface area contributed by atoms with Crippen LogP contribution in [-0.4, -0.2) is 19.5 Å². The van der Waals surface area contributed by atoms with Crippen LogP contribution in [0.3, 0.4) is 0 Å². The van der Waals surface area contributed by atoms with Gasteiger partial charge < -0.3 is 4.57 Å². The number of aromatic nitrogens is 4. The van der Waals surface area contributed by atoms with Crippen molar-refractivity contribution in [3.05, 3.63) is 206 Å². The van der Waals surface area contributed by atoms with Crippen LogP contribution in [-0.2, 0) is 0 Å². The van der Waals surface area contributed by atoms with E-state index in [-0.39, 0.29) is 0 Å². The van der Waals surface area contributed by atoms with E-state index in [1.165, 1.54) is 12.1 Å². The molecule has 0 amide bonds. The Bertz CT molecular complexity index is 2900. The van der Waals surface area contributed by atoms with E-state index in [0.717, 1.165) is 72.5 Å². The summed E-state index contributed by atoms with van der Waals surface area (Å²) in [6, 6.07) is 62.9. The fourth-order valence-corrected chi connectivity index (χ4v) is 7.64. The molecule has 57 heavy (non-hydrogen) atoms. The topological polar surface area (TPSA) is 43.6 Å². The van der Waals surface area contributed by atoms with E-state index in [0.29, 0.717) is 28.6 Å². The Morgan fingerprint density at radius 2 is 0.719 bits per heavy atom. The summed E-state index contributed by atoms with van der Waals surface area (Å²) < 4.78 is 31.7. The fraction of sp³-hybridized carbons (Fsp3) is 0. The first-order chi connectivity index (χ1) is 28.1. The minimum atomic E-state index is -0.646. The first kappa shape index (κ1) is 34.0. The van der Waals surface area contributed by atoms with Crippen molar-refractivity contribution < 1.29 is 8.78 Å². The van der Waals surface area contributed by atoms with Crippen molar-refractivity contribution in [1.29, 1.82) is 0 Å². The molecule has 270 valence electrons. The van der Waals surface area contributed by atoms with E-state index in [1.807, 2.05) is 115 Å². The number of rotatable bonds is 7. The molecular formula is C51H32F2N4. The predicted molar refractivity (Wildman–Crippen MR) is 227 cm³/mol. The van der Waals surface area contributed by atoms with Gasteiger partial charge in [0.2, 0.25) is 0 Å². The van der Waals surface area contributed by atoms with Crippen molar-refractivity contribution in [2.75, 3.05) is 0 Å². The third kappa shape index (κ3) is 6.43. The first-order valence-electron chi connectivity index (χ1n) is 18.7. The molecule has 0 aliphatic heterocycles. The molecule has 0 radical (unpaired) electrons. The molecule has 0 unspecified atom stereocenters. The molecule has 10 rings (SSSR count). The molecule has 0 saturated heterocycles. The zero-order chi connectivity index (χ0) is 38.3. The van der Waals surface area contributed by atoms with E-state index in [9.17, 15) is 8.78 Å². The lowest BCUT2D eigenvalue weighted by Gasteiger charge is -2.17. The third-order valence-corrected chi connectivity index (χ3v) is 10.4. The number of hydrogen-bond acceptors (Lipinski definition) is 3. The largest absolute Gasteiger partial charge is 0.308 e. The van der Waals surface area contributed by atoms with Crippen LogP contribution in [0.2, 0.25) is 0 Å². The maximum absolute atomic E-state index is 14.7. The Labute approximate surface area is 328 Å². The molecule has 2 heterocycles. The predicted octanol–water partition coefficient (Wildman–Crippen LogP) is 13.2. The molecule has 0 fully saturated rings. The van der Waals surface area contributed by atoms with E-state index in [4.69, 9.17) is 15.0 Å². The highest BCUT2D eigenvalue weighted by molar-refractivity contribution is 6.12. The molecule has 0 aliphatic rings. The maximum atomic E-state index is 14.7. The van der Waals surface area contributed by atoms with Gasteiger partial charge in [-0.05, 0) is 81.9 Å². The van der Waals surface area contributed by atoms with Gasteiger partial charge in [0, 0.05) is 33.5 Å². The quantitative estimate of drug-likeness (QED) is 0.164. The normalized spacial score (nSPS) is 11.3. The summed E-state index contributed by atoms with van der Waals surface area (Å²) in [5.74, 6) is 0.234. The highest BCUT2D eigenvalue weighted by atomic mass is 19.1. The number of nitrogens with zero attached hydrogens (tertiary/aromatic N) is 4. The number of hydrogen-bond donors (Lipinski definition) is 0. The summed E-state index contributed by atoms with van der Waals surface area (Å²) in [6.45, 7) is 0. The van der Waals surface area contributed by atoms with Gasteiger partial charge in [0.15, 0.2) is 17.5 Å². The van der Waals surface area contributed by atoms with Crippen molar-refractivity contribution in [3.8, 4) is 73.2 Å². The molecule has 6 heteroatoms. The van der Waals surface area contributed by atoms with Crippen molar-refractivity contribution in [1.82, 2.24) is 19.5 Å². The second-order valence-corrected chi connectivity index (χ2v) is 14.0. The van der Waals surface area contributed by atoms with E-state index < -0.39 is 11.6 Å². The summed E-state index contributed by atoms with van der Waals surface area (Å²) in [7, 11) is 0. The monoisotopic (exact) mass is 738 g/mol. The number of benzene rings is 8. The Hall–Kier alpha value is -7.57. The Morgan fingerprint density at radius 1 is 0.316 bits per heavy atom. The van der Waals surface area contributed by atoms with Crippen molar-refractivity contribution in [3.63, 3.8) is 0 Å². The smallest absolute Gasteiger partial charge is 0.166 e. The van der Waals surface area contributed by atoms with Crippen LogP contribution < -0.4 is 0 Å². The Balaban J connectivity index is 1.29. The summed E-state index contributed by atoms with van der Waals surface area (Å²) in [4.78, 5) is 15.2. The van der Waals surface area contributed by atoms with E-state index in [1.54, 1.807) is 0 Å². The Morgan fingerprint density at radius 3 is 1.19 bits per heavy atom. The van der Waals surface area contributed by atoms with E-state index >= 15 is 0 Å². The van der Waals surface area contributed by atoms with Crippen LogP contribution in [0.25, 0.3) is 95.0 Å². The second-order valence-electron chi connectivity index (χ2n) is 14.0. The van der Waals surface area contributed by atoms with Gasteiger partial charge in [0.05, 0.1) is 16.7 Å². The highest BCUT2D eigenvalue weighted by Crippen LogP contribution is 2.41. The molecule has 0 bridgehead atoms. The maximum Gasteiger partial charge on any atom is 0.166 e. The molecule has 0 N–H and O–H groups in total. The summed E-state index contributed by atoms with van der Waals surface area (Å²) in [6.07, 6.45) is 0. The molecule has 2 aromatic heterocycles. The average Bonchev–Trinajstić information content (AvgIpc) is 3.60. The summed E-state index contributed by atoms with van der Waals surface area (Å²) >= 11 is 0. The molecule has 0 spiro atoms. The minimum Gasteiger partial charge on any atom is -0.308 e. The summed E-state index contributed by atoms with van der Waals surface area (Å²) in [5.41, 5.74) is 10.6. The van der Waals surface area contributed by atoms with Gasteiger partial charge in [-0.15, -0.1) is 0 Å². The van der Waals surface area contributed by atoms with Crippen molar-refractivity contribution in [2.24, 2.45) is 0 Å². The third-order valence-electron chi connectivity index (χ3n) is 10.4. The van der Waals surface area contributed by atoms with Crippen molar-refractivity contribution >= 4 is 21.8 Å².